The summed E-state index contributed by atoms with van der Waals surface area (Å²) in [5.74, 6) is 2.47. The highest BCUT2D eigenvalue weighted by molar-refractivity contribution is 5.33. The highest BCUT2D eigenvalue weighted by atomic mass is 19.2. The molecule has 32 heavy (non-hydrogen) atoms. The van der Waals surface area contributed by atoms with Crippen molar-refractivity contribution in [3.05, 3.63) is 46.8 Å². The van der Waals surface area contributed by atoms with Crippen LogP contribution in [0.5, 0.6) is 0 Å². The minimum absolute atomic E-state index is 0.426. The Morgan fingerprint density at radius 1 is 0.688 bits per heavy atom. The van der Waals surface area contributed by atoms with Crippen molar-refractivity contribution in [3.8, 4) is 0 Å². The molecular formula is C29H39F3. The number of fused-ring (bicyclic) bond motifs is 2. The molecule has 3 fully saturated rings. The highest BCUT2D eigenvalue weighted by Crippen LogP contribution is 2.50. The summed E-state index contributed by atoms with van der Waals surface area (Å²) in [5, 5.41) is 0. The van der Waals surface area contributed by atoms with Gasteiger partial charge in [0, 0.05) is 0 Å². The molecule has 3 heteroatoms. The Kier molecular flexibility index (Phi) is 6.72. The van der Waals surface area contributed by atoms with Crippen molar-refractivity contribution in [1.29, 1.82) is 0 Å². The number of benzene rings is 1. The topological polar surface area (TPSA) is 0 Å². The van der Waals surface area contributed by atoms with E-state index in [-0.39, 0.29) is 0 Å². The molecule has 1 aromatic rings. The third kappa shape index (κ3) is 4.42. The Hall–Kier alpha value is -1.25. The molecule has 0 aliphatic heterocycles. The van der Waals surface area contributed by atoms with Crippen LogP contribution >= 0.6 is 0 Å². The summed E-state index contributed by atoms with van der Waals surface area (Å²) >= 11 is 0. The summed E-state index contributed by atoms with van der Waals surface area (Å²) in [7, 11) is 0. The van der Waals surface area contributed by atoms with Gasteiger partial charge in [-0.05, 0) is 149 Å². The maximum absolute atomic E-state index is 14.1. The molecule has 5 rings (SSSR count). The summed E-state index contributed by atoms with van der Waals surface area (Å²) in [4.78, 5) is 0. The Balaban J connectivity index is 1.14. The fourth-order valence-electron chi connectivity index (χ4n) is 8.18. The van der Waals surface area contributed by atoms with Gasteiger partial charge < -0.3 is 0 Å². The summed E-state index contributed by atoms with van der Waals surface area (Å²) in [6.07, 6.45) is 20.7. The van der Waals surface area contributed by atoms with Gasteiger partial charge in [0.15, 0.2) is 17.5 Å². The van der Waals surface area contributed by atoms with Crippen LogP contribution in [0.4, 0.5) is 13.2 Å². The van der Waals surface area contributed by atoms with E-state index in [2.05, 4.69) is 19.1 Å². The van der Waals surface area contributed by atoms with E-state index in [9.17, 15) is 13.2 Å². The van der Waals surface area contributed by atoms with Gasteiger partial charge in [0.2, 0.25) is 0 Å². The van der Waals surface area contributed by atoms with Crippen LogP contribution in [0.3, 0.4) is 0 Å². The van der Waals surface area contributed by atoms with E-state index in [0.717, 1.165) is 42.4 Å². The summed E-state index contributed by atoms with van der Waals surface area (Å²) < 4.78 is 41.5. The van der Waals surface area contributed by atoms with Crippen molar-refractivity contribution >= 4 is 0 Å². The van der Waals surface area contributed by atoms with E-state index in [1.54, 1.807) is 0 Å². The van der Waals surface area contributed by atoms with E-state index in [4.69, 9.17) is 0 Å². The number of hydrogen-bond acceptors (Lipinski definition) is 0. The number of hydrogen-bond donors (Lipinski definition) is 0. The minimum atomic E-state index is -1.30. The van der Waals surface area contributed by atoms with Crippen molar-refractivity contribution < 1.29 is 13.2 Å². The maximum Gasteiger partial charge on any atom is 0.194 e. The SMILES string of the molecule is C/C=C/C1CCC2CC(C3CCC(C4CCc5c(cc(F)c(F)c5F)C4)CC3)CCC2C1. The quantitative estimate of drug-likeness (QED) is 0.324. The summed E-state index contributed by atoms with van der Waals surface area (Å²) in [5.41, 5.74) is 1.14. The lowest BCUT2D eigenvalue weighted by molar-refractivity contribution is 0.0611. The van der Waals surface area contributed by atoms with E-state index in [1.807, 2.05) is 0 Å². The fraction of sp³-hybridized carbons (Fsp3) is 0.724. The molecule has 5 unspecified atom stereocenters. The van der Waals surface area contributed by atoms with Gasteiger partial charge >= 0.3 is 0 Å². The summed E-state index contributed by atoms with van der Waals surface area (Å²) in [6.45, 7) is 2.15. The Bertz CT molecular complexity index is 835. The number of rotatable bonds is 3. The first kappa shape index (κ1) is 22.5. The van der Waals surface area contributed by atoms with Crippen LogP contribution in [0.2, 0.25) is 0 Å². The van der Waals surface area contributed by atoms with Crippen molar-refractivity contribution in [2.75, 3.05) is 0 Å². The van der Waals surface area contributed by atoms with Gasteiger partial charge in [0.1, 0.15) is 0 Å². The zero-order valence-electron chi connectivity index (χ0n) is 19.6. The standard InChI is InChI=1S/C29H39F3/c1-2-3-18-4-5-24-15-22(11-10-21(24)14-18)19-6-8-20(9-7-19)23-12-13-26-25(16-23)17-27(30)29(32)28(26)31/h2-3,17-24H,4-16H2,1H3/b3-2+. The van der Waals surface area contributed by atoms with Gasteiger partial charge in [0.25, 0.3) is 0 Å². The lowest BCUT2D eigenvalue weighted by atomic mass is 9.60. The molecule has 176 valence electrons. The van der Waals surface area contributed by atoms with E-state index in [0.29, 0.717) is 29.4 Å². The molecule has 4 aliphatic rings. The molecular weight excluding hydrogens is 405 g/mol. The second-order valence-electron chi connectivity index (χ2n) is 11.5. The predicted octanol–water partition coefficient (Wildman–Crippen LogP) is 8.42. The first-order valence-electron chi connectivity index (χ1n) is 13.3. The molecule has 0 radical (unpaired) electrons. The molecule has 3 saturated carbocycles. The average Bonchev–Trinajstić information content (AvgIpc) is 2.82. The van der Waals surface area contributed by atoms with Crippen molar-refractivity contribution in [1.82, 2.24) is 0 Å². The lowest BCUT2D eigenvalue weighted by Gasteiger charge is -2.45. The molecule has 5 atom stereocenters. The van der Waals surface area contributed by atoms with E-state index < -0.39 is 17.5 Å². The molecule has 0 aromatic heterocycles. The molecule has 0 N–H and O–H groups in total. The molecule has 0 heterocycles. The number of halogens is 3. The fourth-order valence-corrected chi connectivity index (χ4v) is 8.18. The smallest absolute Gasteiger partial charge is 0.194 e. The maximum atomic E-state index is 14.1. The highest BCUT2D eigenvalue weighted by Gasteiger charge is 2.39. The first-order chi connectivity index (χ1) is 15.5. The molecule has 0 bridgehead atoms. The van der Waals surface area contributed by atoms with E-state index in [1.165, 1.54) is 70.3 Å². The first-order valence-corrected chi connectivity index (χ1v) is 13.3. The van der Waals surface area contributed by atoms with Gasteiger partial charge in [-0.1, -0.05) is 12.2 Å². The van der Waals surface area contributed by atoms with Crippen LogP contribution in [0.15, 0.2) is 18.2 Å². The third-order valence-electron chi connectivity index (χ3n) is 9.91. The Morgan fingerprint density at radius 3 is 2.00 bits per heavy atom. The molecule has 0 nitrogen and oxygen atoms in total. The second kappa shape index (κ2) is 9.55. The van der Waals surface area contributed by atoms with Crippen molar-refractivity contribution in [2.45, 2.75) is 90.4 Å². The van der Waals surface area contributed by atoms with Crippen LogP contribution in [0, 0.1) is 58.9 Å². The molecule has 4 aliphatic carbocycles. The van der Waals surface area contributed by atoms with Gasteiger partial charge in [0.05, 0.1) is 0 Å². The van der Waals surface area contributed by atoms with Crippen LogP contribution in [-0.2, 0) is 12.8 Å². The minimum Gasteiger partial charge on any atom is -0.204 e. The van der Waals surface area contributed by atoms with Gasteiger partial charge in [-0.2, -0.15) is 0 Å². The lowest BCUT2D eigenvalue weighted by Crippen LogP contribution is -2.35. The molecule has 0 saturated heterocycles. The predicted molar refractivity (Wildman–Crippen MR) is 124 cm³/mol. The zero-order chi connectivity index (χ0) is 22.2. The van der Waals surface area contributed by atoms with Crippen LogP contribution in [0.1, 0.15) is 88.7 Å². The molecule has 0 spiro atoms. The van der Waals surface area contributed by atoms with Crippen molar-refractivity contribution in [2.24, 2.45) is 41.4 Å². The van der Waals surface area contributed by atoms with E-state index >= 15 is 0 Å². The Labute approximate surface area is 192 Å². The van der Waals surface area contributed by atoms with Crippen LogP contribution < -0.4 is 0 Å². The largest absolute Gasteiger partial charge is 0.204 e. The molecule has 0 amide bonds. The van der Waals surface area contributed by atoms with Crippen LogP contribution in [-0.4, -0.2) is 0 Å². The van der Waals surface area contributed by atoms with Crippen LogP contribution in [0.25, 0.3) is 0 Å². The van der Waals surface area contributed by atoms with Crippen molar-refractivity contribution in [3.63, 3.8) is 0 Å². The normalized spacial score (nSPS) is 37.8. The average molecular weight is 445 g/mol. The summed E-state index contributed by atoms with van der Waals surface area (Å²) in [6, 6.07) is 1.26. The van der Waals surface area contributed by atoms with Gasteiger partial charge in [-0.3, -0.25) is 0 Å². The third-order valence-corrected chi connectivity index (χ3v) is 9.91. The van der Waals surface area contributed by atoms with Gasteiger partial charge in [-0.25, -0.2) is 13.2 Å². The molecule has 1 aromatic carbocycles. The monoisotopic (exact) mass is 444 g/mol. The zero-order valence-corrected chi connectivity index (χ0v) is 19.6. The van der Waals surface area contributed by atoms with Gasteiger partial charge in [-0.15, -0.1) is 0 Å². The Morgan fingerprint density at radius 2 is 1.28 bits per heavy atom. The second-order valence-corrected chi connectivity index (χ2v) is 11.5. The number of allylic oxidation sites excluding steroid dienone is 2.